The van der Waals surface area contributed by atoms with Crippen molar-refractivity contribution < 1.29 is 23.4 Å². The quantitative estimate of drug-likeness (QED) is 0.903. The Labute approximate surface area is 130 Å². The largest absolute Gasteiger partial charge is 0.472 e. The predicted octanol–water partition coefficient (Wildman–Crippen LogP) is 1.81. The zero-order valence-electron chi connectivity index (χ0n) is 12.1. The molecule has 3 N–H and O–H groups in total. The number of benzene rings is 1. The molecule has 1 aliphatic heterocycles. The highest BCUT2D eigenvalue weighted by atomic mass is 19.1. The van der Waals surface area contributed by atoms with Crippen LogP contribution < -0.4 is 10.5 Å². The number of carbonyl (C=O) groups excluding carboxylic acids is 1. The maximum Gasteiger partial charge on any atom is 0.267 e. The van der Waals surface area contributed by atoms with E-state index in [1.807, 2.05) is 0 Å². The highest BCUT2D eigenvalue weighted by Crippen LogP contribution is 2.36. The van der Waals surface area contributed by atoms with E-state index in [2.05, 4.69) is 4.98 Å². The van der Waals surface area contributed by atoms with E-state index in [-0.39, 0.29) is 23.7 Å². The molecule has 2 heterocycles. The van der Waals surface area contributed by atoms with E-state index >= 15 is 0 Å². The number of amides is 1. The molecule has 1 atom stereocenters. The van der Waals surface area contributed by atoms with Crippen LogP contribution in [0.25, 0.3) is 11.1 Å². The summed E-state index contributed by atoms with van der Waals surface area (Å²) in [5, 5.41) is 9.21. The van der Waals surface area contributed by atoms with Gasteiger partial charge in [0.2, 0.25) is 5.88 Å². The van der Waals surface area contributed by atoms with Crippen LogP contribution in [-0.2, 0) is 6.42 Å². The average molecular weight is 320 g/mol. The first-order valence-electron chi connectivity index (χ1n) is 7.06. The van der Waals surface area contributed by atoms with Gasteiger partial charge in [0, 0.05) is 17.2 Å². The van der Waals surface area contributed by atoms with Gasteiger partial charge in [-0.15, -0.1) is 0 Å². The van der Waals surface area contributed by atoms with Crippen LogP contribution in [-0.4, -0.2) is 28.7 Å². The Hall–Kier alpha value is -2.54. The molecule has 1 aromatic heterocycles. The second-order valence-electron chi connectivity index (χ2n) is 5.29. The molecular formula is C16H14F2N2O3. The summed E-state index contributed by atoms with van der Waals surface area (Å²) in [5.74, 6) is -2.09. The molecule has 1 aromatic carbocycles. The number of aliphatic hydroxyl groups excluding tert-OH is 1. The molecule has 7 heteroatoms. The maximum atomic E-state index is 14.1. The number of aromatic nitrogens is 1. The number of ether oxygens (including phenoxy) is 1. The van der Waals surface area contributed by atoms with Crippen molar-refractivity contribution in [3.05, 3.63) is 47.2 Å². The van der Waals surface area contributed by atoms with E-state index in [4.69, 9.17) is 10.5 Å². The van der Waals surface area contributed by atoms with E-state index in [9.17, 15) is 18.7 Å². The van der Waals surface area contributed by atoms with E-state index in [0.717, 1.165) is 12.1 Å². The summed E-state index contributed by atoms with van der Waals surface area (Å²) >= 11 is 0. The Bertz CT molecular complexity index is 780. The third-order valence-electron chi connectivity index (χ3n) is 3.76. The smallest absolute Gasteiger partial charge is 0.267 e. The summed E-state index contributed by atoms with van der Waals surface area (Å²) in [6.07, 6.45) is 0.569. The highest BCUT2D eigenvalue weighted by molar-refractivity contribution is 5.93. The Balaban J connectivity index is 2.19. The standard InChI is InChI=1S/C16H14F2N2O3/c17-8-1-3-10(13(18)5-8)12-6-14(15(19)22)20-16-11(12)4-2-9(7-21)23-16/h1,3,5-6,9,21H,2,4,7H2,(H2,19,22). The molecule has 2 aromatic rings. The number of halogens is 2. The molecular weight excluding hydrogens is 306 g/mol. The SMILES string of the molecule is NC(=O)c1cc(-c2ccc(F)cc2F)c2c(n1)OC(CO)CC2. The second-order valence-corrected chi connectivity index (χ2v) is 5.29. The summed E-state index contributed by atoms with van der Waals surface area (Å²) in [6.45, 7) is -0.192. The van der Waals surface area contributed by atoms with Crippen molar-refractivity contribution in [2.24, 2.45) is 5.73 Å². The van der Waals surface area contributed by atoms with Gasteiger partial charge in [-0.25, -0.2) is 13.8 Å². The minimum absolute atomic E-state index is 0.0823. The van der Waals surface area contributed by atoms with Gasteiger partial charge >= 0.3 is 0 Å². The third-order valence-corrected chi connectivity index (χ3v) is 3.76. The Morgan fingerprint density at radius 2 is 2.13 bits per heavy atom. The lowest BCUT2D eigenvalue weighted by Gasteiger charge is -2.26. The summed E-state index contributed by atoms with van der Waals surface area (Å²) in [6, 6.07) is 4.57. The predicted molar refractivity (Wildman–Crippen MR) is 77.9 cm³/mol. The number of rotatable bonds is 3. The van der Waals surface area contributed by atoms with E-state index < -0.39 is 23.6 Å². The lowest BCUT2D eigenvalue weighted by Crippen LogP contribution is -2.28. The monoisotopic (exact) mass is 320 g/mol. The molecule has 0 saturated heterocycles. The Morgan fingerprint density at radius 1 is 1.35 bits per heavy atom. The second kappa shape index (κ2) is 5.92. The number of hydrogen-bond acceptors (Lipinski definition) is 4. The summed E-state index contributed by atoms with van der Waals surface area (Å²) in [5.41, 5.74) is 6.31. The zero-order valence-corrected chi connectivity index (χ0v) is 12.1. The first-order valence-corrected chi connectivity index (χ1v) is 7.06. The van der Waals surface area contributed by atoms with E-state index in [1.165, 1.54) is 12.1 Å². The number of fused-ring (bicyclic) bond motifs is 1. The number of hydrogen-bond donors (Lipinski definition) is 2. The molecule has 0 bridgehead atoms. The molecule has 3 rings (SSSR count). The van der Waals surface area contributed by atoms with Crippen LogP contribution in [0.5, 0.6) is 5.88 Å². The number of carbonyl (C=O) groups is 1. The summed E-state index contributed by atoms with van der Waals surface area (Å²) < 4.78 is 32.8. The van der Waals surface area contributed by atoms with Gasteiger partial charge in [0.1, 0.15) is 23.4 Å². The fraction of sp³-hybridized carbons (Fsp3) is 0.250. The Morgan fingerprint density at radius 3 is 2.78 bits per heavy atom. The molecule has 1 amide bonds. The van der Waals surface area contributed by atoms with Crippen LogP contribution >= 0.6 is 0 Å². The number of nitrogens with zero attached hydrogens (tertiary/aromatic N) is 1. The first-order chi connectivity index (χ1) is 11.0. The van der Waals surface area contributed by atoms with Crippen molar-refractivity contribution in [2.45, 2.75) is 18.9 Å². The molecule has 0 spiro atoms. The van der Waals surface area contributed by atoms with Gasteiger partial charge in [-0.3, -0.25) is 4.79 Å². The molecule has 0 aliphatic carbocycles. The normalized spacial score (nSPS) is 16.6. The fourth-order valence-electron chi connectivity index (χ4n) is 2.61. The van der Waals surface area contributed by atoms with Gasteiger partial charge < -0.3 is 15.6 Å². The third kappa shape index (κ3) is 2.87. The zero-order chi connectivity index (χ0) is 16.6. The average Bonchev–Trinajstić information content (AvgIpc) is 2.53. The lowest BCUT2D eigenvalue weighted by atomic mass is 9.94. The van der Waals surface area contributed by atoms with Crippen molar-refractivity contribution in [3.63, 3.8) is 0 Å². The van der Waals surface area contributed by atoms with Crippen LogP contribution in [0, 0.1) is 11.6 Å². The minimum atomic E-state index is -0.786. The minimum Gasteiger partial charge on any atom is -0.472 e. The van der Waals surface area contributed by atoms with Crippen molar-refractivity contribution >= 4 is 5.91 Å². The van der Waals surface area contributed by atoms with E-state index in [1.54, 1.807) is 0 Å². The Kier molecular flexibility index (Phi) is 3.96. The molecule has 5 nitrogen and oxygen atoms in total. The number of aliphatic hydroxyl groups is 1. The molecule has 120 valence electrons. The number of primary amides is 1. The van der Waals surface area contributed by atoms with Gasteiger partial charge in [0.25, 0.3) is 5.91 Å². The first kappa shape index (κ1) is 15.4. The van der Waals surface area contributed by atoms with Crippen LogP contribution in [0.2, 0.25) is 0 Å². The molecule has 23 heavy (non-hydrogen) atoms. The van der Waals surface area contributed by atoms with Gasteiger partial charge in [-0.05, 0) is 36.6 Å². The van der Waals surface area contributed by atoms with Crippen molar-refractivity contribution in [1.82, 2.24) is 4.98 Å². The van der Waals surface area contributed by atoms with Gasteiger partial charge in [0.05, 0.1) is 6.61 Å². The van der Waals surface area contributed by atoms with Crippen LogP contribution in [0.4, 0.5) is 8.78 Å². The van der Waals surface area contributed by atoms with E-state index in [0.29, 0.717) is 24.0 Å². The summed E-state index contributed by atoms with van der Waals surface area (Å²) in [4.78, 5) is 15.5. The van der Waals surface area contributed by atoms with Crippen molar-refractivity contribution in [2.75, 3.05) is 6.61 Å². The number of pyridine rings is 1. The molecule has 1 unspecified atom stereocenters. The summed E-state index contributed by atoms with van der Waals surface area (Å²) in [7, 11) is 0. The van der Waals surface area contributed by atoms with Crippen LogP contribution in [0.1, 0.15) is 22.5 Å². The maximum absolute atomic E-state index is 14.1. The fourth-order valence-corrected chi connectivity index (χ4v) is 2.61. The molecule has 0 fully saturated rings. The number of nitrogens with two attached hydrogens (primary N) is 1. The van der Waals surface area contributed by atoms with Crippen molar-refractivity contribution in [3.8, 4) is 17.0 Å². The highest BCUT2D eigenvalue weighted by Gasteiger charge is 2.26. The van der Waals surface area contributed by atoms with Crippen molar-refractivity contribution in [1.29, 1.82) is 0 Å². The van der Waals surface area contributed by atoms with Crippen LogP contribution in [0.15, 0.2) is 24.3 Å². The lowest BCUT2D eigenvalue weighted by molar-refractivity contribution is 0.0913. The molecule has 0 radical (unpaired) electrons. The van der Waals surface area contributed by atoms with Crippen LogP contribution in [0.3, 0.4) is 0 Å². The molecule has 0 saturated carbocycles. The van der Waals surface area contributed by atoms with Gasteiger partial charge in [-0.1, -0.05) is 0 Å². The van der Waals surface area contributed by atoms with Gasteiger partial charge in [0.15, 0.2) is 0 Å². The molecule has 1 aliphatic rings. The van der Waals surface area contributed by atoms with Gasteiger partial charge in [-0.2, -0.15) is 0 Å². The topological polar surface area (TPSA) is 85.4 Å².